The van der Waals surface area contributed by atoms with E-state index in [0.29, 0.717) is 17.5 Å². The van der Waals surface area contributed by atoms with Crippen molar-refractivity contribution in [2.45, 2.75) is 36.1 Å². The summed E-state index contributed by atoms with van der Waals surface area (Å²) in [6.45, 7) is 4.37. The topological polar surface area (TPSA) is 40.5 Å². The molecule has 0 spiro atoms. The van der Waals surface area contributed by atoms with Crippen LogP contribution in [0, 0.1) is 13.8 Å². The van der Waals surface area contributed by atoms with Crippen LogP contribution in [-0.4, -0.2) is 34.2 Å². The first-order valence-corrected chi connectivity index (χ1v) is 11.4. The van der Waals surface area contributed by atoms with Crippen LogP contribution in [0.15, 0.2) is 46.2 Å². The fourth-order valence-corrected chi connectivity index (χ4v) is 4.43. The van der Waals surface area contributed by atoms with Crippen molar-refractivity contribution in [1.29, 1.82) is 0 Å². The van der Waals surface area contributed by atoms with Gasteiger partial charge in [-0.25, -0.2) is 0 Å². The smallest absolute Gasteiger partial charge is 0.0684 e. The minimum atomic E-state index is 0.0827. The summed E-state index contributed by atoms with van der Waals surface area (Å²) >= 11 is 14.8. The molecule has 0 aliphatic heterocycles. The van der Waals surface area contributed by atoms with Crippen LogP contribution in [0.25, 0.3) is 0 Å². The largest absolute Gasteiger partial charge is 0.396 e. The molecule has 0 heterocycles. The Morgan fingerprint density at radius 3 is 1.85 bits per heavy atom. The van der Waals surface area contributed by atoms with Crippen LogP contribution >= 0.6 is 46.7 Å². The van der Waals surface area contributed by atoms with E-state index in [1.165, 1.54) is 16.0 Å². The highest BCUT2D eigenvalue weighted by Crippen LogP contribution is 2.26. The lowest BCUT2D eigenvalue weighted by atomic mass is 10.1. The maximum Gasteiger partial charge on any atom is 0.0684 e. The van der Waals surface area contributed by atoms with Crippen molar-refractivity contribution in [3.63, 3.8) is 0 Å². The molecule has 0 fully saturated rings. The molecule has 26 heavy (non-hydrogen) atoms. The Morgan fingerprint density at radius 2 is 1.35 bits per heavy atom. The summed E-state index contributed by atoms with van der Waals surface area (Å²) in [6.07, 6.45) is 0. The number of benzene rings is 2. The second kappa shape index (κ2) is 13.8. The summed E-state index contributed by atoms with van der Waals surface area (Å²) in [7, 11) is 0. The van der Waals surface area contributed by atoms with Crippen molar-refractivity contribution in [3.8, 4) is 0 Å². The number of rotatable bonds is 8. The SMILES string of the molecule is Cc1c(CCl)cccc1SCCCl.Cc1c(CO)cccc1SCCO. The summed E-state index contributed by atoms with van der Waals surface area (Å²) in [4.78, 5) is 2.43. The van der Waals surface area contributed by atoms with Crippen molar-refractivity contribution < 1.29 is 10.2 Å². The molecular formula is C20H26Cl2O2S2. The van der Waals surface area contributed by atoms with Gasteiger partial charge in [0, 0.05) is 33.1 Å². The highest BCUT2D eigenvalue weighted by atomic mass is 35.5. The summed E-state index contributed by atoms with van der Waals surface area (Å²) in [5.41, 5.74) is 4.57. The maximum atomic E-state index is 9.01. The molecule has 2 nitrogen and oxygen atoms in total. The number of halogens is 2. The van der Waals surface area contributed by atoms with Gasteiger partial charge in [-0.3, -0.25) is 0 Å². The van der Waals surface area contributed by atoms with Crippen molar-refractivity contribution in [2.24, 2.45) is 0 Å². The maximum absolute atomic E-state index is 9.01. The lowest BCUT2D eigenvalue weighted by molar-refractivity contribution is 0.280. The number of aliphatic hydroxyl groups excluding tert-OH is 2. The molecule has 0 aromatic heterocycles. The van der Waals surface area contributed by atoms with Gasteiger partial charge in [-0.15, -0.1) is 46.7 Å². The second-order valence-electron chi connectivity index (χ2n) is 5.48. The van der Waals surface area contributed by atoms with Gasteiger partial charge in [0.05, 0.1) is 13.2 Å². The summed E-state index contributed by atoms with van der Waals surface area (Å²) < 4.78 is 0. The van der Waals surface area contributed by atoms with E-state index in [1.807, 2.05) is 31.2 Å². The second-order valence-corrected chi connectivity index (χ2v) is 8.40. The van der Waals surface area contributed by atoms with Gasteiger partial charge in [0.15, 0.2) is 0 Å². The lowest BCUT2D eigenvalue weighted by Crippen LogP contribution is -1.92. The van der Waals surface area contributed by atoms with E-state index in [0.717, 1.165) is 21.8 Å². The number of thioether (sulfide) groups is 2. The Balaban J connectivity index is 0.000000260. The predicted octanol–water partition coefficient (Wildman–Crippen LogP) is 5.64. The molecule has 2 rings (SSSR count). The molecule has 2 aromatic carbocycles. The Labute approximate surface area is 175 Å². The molecule has 144 valence electrons. The van der Waals surface area contributed by atoms with Crippen LogP contribution < -0.4 is 0 Å². The summed E-state index contributed by atoms with van der Waals surface area (Å²) in [6, 6.07) is 12.1. The molecule has 0 bridgehead atoms. The van der Waals surface area contributed by atoms with E-state index in [4.69, 9.17) is 33.4 Å². The van der Waals surface area contributed by atoms with Gasteiger partial charge >= 0.3 is 0 Å². The van der Waals surface area contributed by atoms with Crippen molar-refractivity contribution in [2.75, 3.05) is 24.0 Å². The Kier molecular flexibility index (Phi) is 12.5. The first kappa shape index (κ1) is 23.7. The van der Waals surface area contributed by atoms with E-state index in [2.05, 4.69) is 19.1 Å². The zero-order valence-corrected chi connectivity index (χ0v) is 18.3. The quantitative estimate of drug-likeness (QED) is 0.418. The van der Waals surface area contributed by atoms with Gasteiger partial charge < -0.3 is 10.2 Å². The molecule has 2 N–H and O–H groups in total. The molecule has 0 saturated carbocycles. The zero-order valence-electron chi connectivity index (χ0n) is 15.2. The third kappa shape index (κ3) is 7.71. The number of hydrogen-bond donors (Lipinski definition) is 2. The Bertz CT molecular complexity index is 609. The summed E-state index contributed by atoms with van der Waals surface area (Å²) in [5.74, 6) is 2.93. The van der Waals surface area contributed by atoms with Crippen LogP contribution in [0.5, 0.6) is 0 Å². The van der Waals surface area contributed by atoms with E-state index < -0.39 is 0 Å². The lowest BCUT2D eigenvalue weighted by Gasteiger charge is -2.07. The third-order valence-corrected chi connectivity index (χ3v) is 6.79. The van der Waals surface area contributed by atoms with Crippen LogP contribution in [0.2, 0.25) is 0 Å². The van der Waals surface area contributed by atoms with Crippen molar-refractivity contribution in [3.05, 3.63) is 58.7 Å². The Hall–Kier alpha value is -0.360. The fraction of sp³-hybridized carbons (Fsp3) is 0.400. The molecular weight excluding hydrogens is 407 g/mol. The molecule has 0 radical (unpaired) electrons. The first-order chi connectivity index (χ1) is 12.6. The average molecular weight is 433 g/mol. The standard InChI is InChI=1S/C10H12Cl2S.C10H14O2S/c2*1-8-9(7-12)3-2-4-10(8)13-6-5-11/h2-4H,5-7H2,1H3;2-4,11-12H,5-7H2,1H3. The minimum Gasteiger partial charge on any atom is -0.396 e. The van der Waals surface area contributed by atoms with E-state index >= 15 is 0 Å². The molecule has 0 aliphatic carbocycles. The molecule has 6 heteroatoms. The molecule has 2 aromatic rings. The minimum absolute atomic E-state index is 0.0827. The van der Waals surface area contributed by atoms with Crippen molar-refractivity contribution >= 4 is 46.7 Å². The third-order valence-electron chi connectivity index (χ3n) is 3.79. The van der Waals surface area contributed by atoms with E-state index in [1.54, 1.807) is 23.5 Å². The number of hydrogen-bond acceptors (Lipinski definition) is 4. The monoisotopic (exact) mass is 432 g/mol. The van der Waals surface area contributed by atoms with Crippen LogP contribution in [0.3, 0.4) is 0 Å². The van der Waals surface area contributed by atoms with Crippen LogP contribution in [0.1, 0.15) is 22.3 Å². The van der Waals surface area contributed by atoms with Gasteiger partial charge in [0.2, 0.25) is 0 Å². The zero-order chi connectivity index (χ0) is 19.4. The molecule has 0 atom stereocenters. The van der Waals surface area contributed by atoms with Gasteiger partial charge in [0.25, 0.3) is 0 Å². The Morgan fingerprint density at radius 1 is 0.808 bits per heavy atom. The van der Waals surface area contributed by atoms with E-state index in [-0.39, 0.29) is 13.2 Å². The van der Waals surface area contributed by atoms with Crippen LogP contribution in [-0.2, 0) is 12.5 Å². The van der Waals surface area contributed by atoms with E-state index in [9.17, 15) is 0 Å². The average Bonchev–Trinajstić information content (AvgIpc) is 2.67. The first-order valence-electron chi connectivity index (χ1n) is 8.35. The molecule has 0 saturated heterocycles. The normalized spacial score (nSPS) is 10.4. The summed E-state index contributed by atoms with van der Waals surface area (Å²) in [5, 5.41) is 17.7. The highest BCUT2D eigenvalue weighted by molar-refractivity contribution is 7.99. The van der Waals surface area contributed by atoms with Gasteiger partial charge in [-0.05, 0) is 48.2 Å². The van der Waals surface area contributed by atoms with Gasteiger partial charge in [-0.1, -0.05) is 24.3 Å². The van der Waals surface area contributed by atoms with Gasteiger partial charge in [0.1, 0.15) is 0 Å². The molecule has 0 aliphatic rings. The van der Waals surface area contributed by atoms with Crippen LogP contribution in [0.4, 0.5) is 0 Å². The van der Waals surface area contributed by atoms with Gasteiger partial charge in [-0.2, -0.15) is 0 Å². The fourth-order valence-electron chi connectivity index (χ4n) is 2.25. The molecule has 0 unspecified atom stereocenters. The molecule has 0 amide bonds. The predicted molar refractivity (Wildman–Crippen MR) is 117 cm³/mol. The number of aliphatic hydroxyl groups is 2. The number of alkyl halides is 2. The van der Waals surface area contributed by atoms with Crippen molar-refractivity contribution in [1.82, 2.24) is 0 Å². The highest BCUT2D eigenvalue weighted by Gasteiger charge is 2.03.